The van der Waals surface area contributed by atoms with Gasteiger partial charge in [-0.1, -0.05) is 15.9 Å². The van der Waals surface area contributed by atoms with Crippen LogP contribution in [-0.2, 0) is 0 Å². The van der Waals surface area contributed by atoms with E-state index in [0.717, 1.165) is 10.5 Å². The van der Waals surface area contributed by atoms with Crippen LogP contribution in [0.15, 0.2) is 40.9 Å². The number of hydrogen-bond donors (Lipinski definition) is 1. The van der Waals surface area contributed by atoms with Crippen LogP contribution in [0.4, 0.5) is 14.5 Å². The van der Waals surface area contributed by atoms with Crippen LogP contribution in [0.1, 0.15) is 0 Å². The highest BCUT2D eigenvalue weighted by Gasteiger charge is 2.13. The highest BCUT2D eigenvalue weighted by atomic mass is 79.9. The van der Waals surface area contributed by atoms with Gasteiger partial charge in [-0.3, -0.25) is 0 Å². The van der Waals surface area contributed by atoms with Crippen LogP contribution in [0, 0.1) is 11.6 Å². The van der Waals surface area contributed by atoms with Crippen LogP contribution in [0.25, 0.3) is 0 Å². The maximum atomic E-state index is 13.4. The zero-order chi connectivity index (χ0) is 12.4. The summed E-state index contributed by atoms with van der Waals surface area (Å²) in [5, 5.41) is 0. The number of ether oxygens (including phenoxy) is 1. The summed E-state index contributed by atoms with van der Waals surface area (Å²) >= 11 is 3.26. The average molecular weight is 300 g/mol. The highest BCUT2D eigenvalue weighted by Crippen LogP contribution is 2.32. The van der Waals surface area contributed by atoms with Crippen molar-refractivity contribution < 1.29 is 13.5 Å². The first-order valence-corrected chi connectivity index (χ1v) is 5.54. The molecule has 0 aromatic heterocycles. The summed E-state index contributed by atoms with van der Waals surface area (Å²) in [7, 11) is 0. The van der Waals surface area contributed by atoms with E-state index in [0.29, 0.717) is 5.75 Å². The molecule has 0 heterocycles. The van der Waals surface area contributed by atoms with Gasteiger partial charge in [-0.15, -0.1) is 0 Å². The molecule has 88 valence electrons. The number of anilines is 1. The number of halogens is 3. The summed E-state index contributed by atoms with van der Waals surface area (Å²) in [5.74, 6) is -2.00. The van der Waals surface area contributed by atoms with Crippen molar-refractivity contribution in [3.63, 3.8) is 0 Å². The smallest absolute Gasteiger partial charge is 0.203 e. The molecule has 0 fully saturated rings. The number of nitrogens with two attached hydrogens (primary N) is 1. The van der Waals surface area contributed by atoms with Crippen molar-refractivity contribution in [1.29, 1.82) is 0 Å². The second kappa shape index (κ2) is 4.71. The molecule has 0 atom stereocenters. The Hall–Kier alpha value is -1.62. The van der Waals surface area contributed by atoms with Crippen molar-refractivity contribution in [2.75, 3.05) is 5.73 Å². The van der Waals surface area contributed by atoms with E-state index in [1.807, 2.05) is 0 Å². The molecule has 0 saturated carbocycles. The lowest BCUT2D eigenvalue weighted by molar-refractivity contribution is 0.418. The molecule has 0 spiro atoms. The maximum absolute atomic E-state index is 13.4. The summed E-state index contributed by atoms with van der Waals surface area (Å²) in [6.07, 6.45) is 0. The largest absolute Gasteiger partial charge is 0.452 e. The Labute approximate surface area is 105 Å². The second-order valence-corrected chi connectivity index (χ2v) is 4.25. The molecule has 2 N–H and O–H groups in total. The van der Waals surface area contributed by atoms with Crippen LogP contribution in [-0.4, -0.2) is 0 Å². The minimum atomic E-state index is -1.09. The summed E-state index contributed by atoms with van der Waals surface area (Å²) in [4.78, 5) is 0. The molecule has 5 heteroatoms. The molecule has 0 radical (unpaired) electrons. The molecule has 17 heavy (non-hydrogen) atoms. The molecule has 2 rings (SSSR count). The van der Waals surface area contributed by atoms with Gasteiger partial charge in [-0.25, -0.2) is 4.39 Å². The predicted octanol–water partition coefficient (Wildman–Crippen LogP) is 4.10. The minimum Gasteiger partial charge on any atom is -0.452 e. The molecular weight excluding hydrogens is 292 g/mol. The van der Waals surface area contributed by atoms with Gasteiger partial charge in [0.2, 0.25) is 5.82 Å². The zero-order valence-electron chi connectivity index (χ0n) is 8.58. The molecular formula is C12H8BrF2NO. The summed E-state index contributed by atoms with van der Waals surface area (Å²) in [5.41, 5.74) is 5.58. The predicted molar refractivity (Wildman–Crippen MR) is 65.0 cm³/mol. The molecule has 2 aromatic rings. The van der Waals surface area contributed by atoms with Crippen LogP contribution >= 0.6 is 15.9 Å². The Morgan fingerprint density at radius 1 is 1.00 bits per heavy atom. The Morgan fingerprint density at radius 3 is 2.29 bits per heavy atom. The van der Waals surface area contributed by atoms with Gasteiger partial charge in [0.15, 0.2) is 11.6 Å². The normalized spacial score (nSPS) is 10.3. The first-order valence-electron chi connectivity index (χ1n) is 4.75. The Morgan fingerprint density at radius 2 is 1.65 bits per heavy atom. The summed E-state index contributed by atoms with van der Waals surface area (Å²) in [6, 6.07) is 8.90. The van der Waals surface area contributed by atoms with Crippen LogP contribution in [0.3, 0.4) is 0 Å². The van der Waals surface area contributed by atoms with Crippen molar-refractivity contribution in [1.82, 2.24) is 0 Å². The fourth-order valence-electron chi connectivity index (χ4n) is 1.27. The average Bonchev–Trinajstić information content (AvgIpc) is 2.32. The SMILES string of the molecule is Nc1ccc(F)c(F)c1Oc1ccc(Br)cc1. The van der Waals surface area contributed by atoms with E-state index in [1.54, 1.807) is 24.3 Å². The third kappa shape index (κ3) is 2.55. The van der Waals surface area contributed by atoms with Crippen molar-refractivity contribution in [3.05, 3.63) is 52.5 Å². The van der Waals surface area contributed by atoms with Crippen molar-refractivity contribution in [3.8, 4) is 11.5 Å². The quantitative estimate of drug-likeness (QED) is 0.847. The molecule has 0 aliphatic carbocycles. The fourth-order valence-corrected chi connectivity index (χ4v) is 1.54. The Bertz CT molecular complexity index is 543. The van der Waals surface area contributed by atoms with Gasteiger partial charge in [0, 0.05) is 4.47 Å². The third-order valence-electron chi connectivity index (χ3n) is 2.11. The van der Waals surface area contributed by atoms with Crippen LogP contribution in [0.2, 0.25) is 0 Å². The molecule has 0 saturated heterocycles. The number of rotatable bonds is 2. The topological polar surface area (TPSA) is 35.2 Å². The molecule has 0 amide bonds. The first-order chi connectivity index (χ1) is 8.08. The Balaban J connectivity index is 2.36. The summed E-state index contributed by atoms with van der Waals surface area (Å²) in [6.45, 7) is 0. The van der Waals surface area contributed by atoms with Crippen molar-refractivity contribution in [2.45, 2.75) is 0 Å². The molecule has 2 nitrogen and oxygen atoms in total. The van der Waals surface area contributed by atoms with Gasteiger partial charge < -0.3 is 10.5 Å². The van der Waals surface area contributed by atoms with Gasteiger partial charge in [0.05, 0.1) is 5.69 Å². The van der Waals surface area contributed by atoms with Gasteiger partial charge in [-0.2, -0.15) is 4.39 Å². The van der Waals surface area contributed by atoms with E-state index < -0.39 is 11.6 Å². The lowest BCUT2D eigenvalue weighted by Crippen LogP contribution is -1.97. The maximum Gasteiger partial charge on any atom is 0.203 e. The molecule has 0 unspecified atom stereocenters. The van der Waals surface area contributed by atoms with E-state index >= 15 is 0 Å². The second-order valence-electron chi connectivity index (χ2n) is 3.34. The lowest BCUT2D eigenvalue weighted by Gasteiger charge is -2.09. The van der Waals surface area contributed by atoms with E-state index in [4.69, 9.17) is 10.5 Å². The van der Waals surface area contributed by atoms with Crippen LogP contribution in [0.5, 0.6) is 11.5 Å². The van der Waals surface area contributed by atoms with E-state index in [1.165, 1.54) is 6.07 Å². The molecule has 0 aliphatic rings. The van der Waals surface area contributed by atoms with Gasteiger partial charge in [0.1, 0.15) is 5.75 Å². The number of nitrogen functional groups attached to an aromatic ring is 1. The number of hydrogen-bond acceptors (Lipinski definition) is 2. The molecule has 2 aromatic carbocycles. The Kier molecular flexibility index (Phi) is 3.28. The van der Waals surface area contributed by atoms with Gasteiger partial charge in [-0.05, 0) is 36.4 Å². The summed E-state index contributed by atoms with van der Waals surface area (Å²) < 4.78 is 32.5. The van der Waals surface area contributed by atoms with E-state index in [-0.39, 0.29) is 11.4 Å². The number of benzene rings is 2. The standard InChI is InChI=1S/C12H8BrF2NO/c13-7-1-3-8(4-2-7)17-12-10(16)6-5-9(14)11(12)15/h1-6H,16H2. The first kappa shape index (κ1) is 11.9. The van der Waals surface area contributed by atoms with Gasteiger partial charge >= 0.3 is 0 Å². The highest BCUT2D eigenvalue weighted by molar-refractivity contribution is 9.10. The van der Waals surface area contributed by atoms with Crippen molar-refractivity contribution in [2.24, 2.45) is 0 Å². The monoisotopic (exact) mass is 299 g/mol. The van der Waals surface area contributed by atoms with Crippen molar-refractivity contribution >= 4 is 21.6 Å². The minimum absolute atomic E-state index is 0.0480. The van der Waals surface area contributed by atoms with E-state index in [2.05, 4.69) is 15.9 Å². The fraction of sp³-hybridized carbons (Fsp3) is 0. The van der Waals surface area contributed by atoms with E-state index in [9.17, 15) is 8.78 Å². The van der Waals surface area contributed by atoms with Gasteiger partial charge in [0.25, 0.3) is 0 Å². The molecule has 0 aliphatic heterocycles. The lowest BCUT2D eigenvalue weighted by atomic mass is 10.2. The third-order valence-corrected chi connectivity index (χ3v) is 2.64. The zero-order valence-corrected chi connectivity index (χ0v) is 10.2. The van der Waals surface area contributed by atoms with Crippen LogP contribution < -0.4 is 10.5 Å². The molecule has 0 bridgehead atoms.